The van der Waals surface area contributed by atoms with E-state index in [0.29, 0.717) is 0 Å². The summed E-state index contributed by atoms with van der Waals surface area (Å²) in [6.07, 6.45) is 1.11. The first-order valence-corrected chi connectivity index (χ1v) is 7.76. The number of nitrogens with two attached hydrogens (primary N) is 1. The maximum atomic E-state index is 10.7. The second kappa shape index (κ2) is 7.08. The van der Waals surface area contributed by atoms with E-state index in [2.05, 4.69) is 34.3 Å². The topological polar surface area (TPSA) is 107 Å². The highest BCUT2D eigenvalue weighted by atomic mass is 32.2. The highest BCUT2D eigenvalue weighted by molar-refractivity contribution is 7.99. The molecule has 8 heteroatoms. The van der Waals surface area contributed by atoms with Gasteiger partial charge in [-0.15, -0.1) is 11.8 Å². The number of rotatable bonds is 6. The van der Waals surface area contributed by atoms with Gasteiger partial charge < -0.3 is 11.1 Å². The fourth-order valence-corrected chi connectivity index (χ4v) is 2.56. The molecule has 0 saturated carbocycles. The van der Waals surface area contributed by atoms with Crippen molar-refractivity contribution in [2.75, 3.05) is 16.8 Å². The normalized spacial score (nSPS) is 11.9. The summed E-state index contributed by atoms with van der Waals surface area (Å²) >= 11 is 1.78. The number of hydrogen-bond acceptors (Lipinski definition) is 7. The Kier molecular flexibility index (Phi) is 5.16. The quantitative estimate of drug-likeness (QED) is 0.478. The van der Waals surface area contributed by atoms with Crippen LogP contribution in [0.4, 0.5) is 17.5 Å². The van der Waals surface area contributed by atoms with Crippen molar-refractivity contribution in [1.29, 1.82) is 0 Å². The van der Waals surface area contributed by atoms with Crippen molar-refractivity contribution in [3.63, 3.8) is 0 Å². The molecule has 0 bridgehead atoms. The predicted octanol–water partition coefficient (Wildman–Crippen LogP) is 3.25. The Morgan fingerprint density at radius 3 is 2.64 bits per heavy atom. The minimum Gasteiger partial charge on any atom is -0.378 e. The van der Waals surface area contributed by atoms with Gasteiger partial charge in [0.2, 0.25) is 11.8 Å². The molecule has 1 atom stereocenters. The molecule has 0 aliphatic rings. The lowest BCUT2D eigenvalue weighted by Crippen LogP contribution is -2.11. The van der Waals surface area contributed by atoms with Gasteiger partial charge in [-0.1, -0.05) is 19.1 Å². The number of nitrogen functional groups attached to an aromatic ring is 1. The molecule has 2 aromatic rings. The van der Waals surface area contributed by atoms with Crippen LogP contribution in [0.5, 0.6) is 0 Å². The first-order chi connectivity index (χ1) is 10.5. The summed E-state index contributed by atoms with van der Waals surface area (Å²) in [5.74, 6) is 1.15. The van der Waals surface area contributed by atoms with Crippen LogP contribution in [0.25, 0.3) is 0 Å². The van der Waals surface area contributed by atoms with Gasteiger partial charge in [-0.25, -0.2) is 4.98 Å². The molecule has 1 aromatic heterocycles. The lowest BCUT2D eigenvalue weighted by Gasteiger charge is -2.14. The zero-order valence-corrected chi connectivity index (χ0v) is 13.1. The molecule has 1 heterocycles. The third kappa shape index (κ3) is 3.85. The molecule has 0 aliphatic heterocycles. The molecule has 0 spiro atoms. The van der Waals surface area contributed by atoms with Crippen LogP contribution >= 0.6 is 11.8 Å². The Bertz CT molecular complexity index is 663. The number of nitrogens with zero attached hydrogens (tertiary/aromatic N) is 3. The van der Waals surface area contributed by atoms with Crippen molar-refractivity contribution in [3.05, 3.63) is 46.1 Å². The van der Waals surface area contributed by atoms with Crippen molar-refractivity contribution in [3.8, 4) is 0 Å². The van der Waals surface area contributed by atoms with Crippen LogP contribution in [-0.2, 0) is 0 Å². The summed E-state index contributed by atoms with van der Waals surface area (Å²) in [7, 11) is 0. The van der Waals surface area contributed by atoms with Crippen molar-refractivity contribution in [2.24, 2.45) is 0 Å². The molecule has 3 N–H and O–H groups in total. The van der Waals surface area contributed by atoms with Gasteiger partial charge in [0, 0.05) is 4.90 Å². The zero-order valence-electron chi connectivity index (χ0n) is 12.3. The first kappa shape index (κ1) is 16.0. The molecule has 2 rings (SSSR count). The highest BCUT2D eigenvalue weighted by Crippen LogP contribution is 2.24. The molecular weight excluding hydrogens is 302 g/mol. The van der Waals surface area contributed by atoms with E-state index in [4.69, 9.17) is 5.73 Å². The Hall–Kier alpha value is -2.35. The summed E-state index contributed by atoms with van der Waals surface area (Å²) in [4.78, 5) is 19.1. The van der Waals surface area contributed by atoms with Gasteiger partial charge in [0.25, 0.3) is 0 Å². The van der Waals surface area contributed by atoms with E-state index < -0.39 is 4.92 Å². The molecule has 22 heavy (non-hydrogen) atoms. The minimum atomic E-state index is -0.605. The summed E-state index contributed by atoms with van der Waals surface area (Å²) in [6.45, 7) is 4.07. The van der Waals surface area contributed by atoms with Crippen LogP contribution in [0, 0.1) is 10.1 Å². The van der Waals surface area contributed by atoms with Crippen molar-refractivity contribution in [2.45, 2.75) is 24.8 Å². The van der Waals surface area contributed by atoms with Crippen LogP contribution in [0.3, 0.4) is 0 Å². The second-order valence-corrected chi connectivity index (χ2v) is 5.93. The Balaban J connectivity index is 2.09. The van der Waals surface area contributed by atoms with Crippen molar-refractivity contribution >= 4 is 29.2 Å². The molecule has 0 radical (unpaired) electrons. The fraction of sp³-hybridized carbons (Fsp3) is 0.286. The molecule has 1 unspecified atom stereocenters. The number of aromatic nitrogens is 2. The van der Waals surface area contributed by atoms with Crippen LogP contribution in [0.15, 0.2) is 35.4 Å². The third-order valence-corrected chi connectivity index (χ3v) is 3.93. The van der Waals surface area contributed by atoms with Gasteiger partial charge in [-0.2, -0.15) is 4.98 Å². The van der Waals surface area contributed by atoms with E-state index in [0.717, 1.165) is 17.5 Å². The smallest absolute Gasteiger partial charge is 0.329 e. The van der Waals surface area contributed by atoms with Crippen LogP contribution in [0.1, 0.15) is 25.5 Å². The van der Waals surface area contributed by atoms with Gasteiger partial charge in [-0.05, 0) is 30.4 Å². The van der Waals surface area contributed by atoms with Gasteiger partial charge in [-0.3, -0.25) is 10.1 Å². The van der Waals surface area contributed by atoms with Crippen LogP contribution in [0.2, 0.25) is 0 Å². The molecule has 1 aromatic carbocycles. The van der Waals surface area contributed by atoms with Gasteiger partial charge in [0.05, 0.1) is 11.0 Å². The summed E-state index contributed by atoms with van der Waals surface area (Å²) in [6, 6.07) is 8.15. The summed E-state index contributed by atoms with van der Waals surface area (Å²) in [5.41, 5.74) is 6.33. The van der Waals surface area contributed by atoms with Gasteiger partial charge in [0.15, 0.2) is 0 Å². The Labute approximate surface area is 132 Å². The van der Waals surface area contributed by atoms with Crippen molar-refractivity contribution in [1.82, 2.24) is 9.97 Å². The average Bonchev–Trinajstić information content (AvgIpc) is 2.48. The molecule has 0 saturated heterocycles. The number of nitrogens with one attached hydrogen (secondary N) is 1. The number of anilines is 2. The predicted molar refractivity (Wildman–Crippen MR) is 88.0 cm³/mol. The summed E-state index contributed by atoms with van der Waals surface area (Å²) in [5, 5.41) is 13.8. The van der Waals surface area contributed by atoms with E-state index >= 15 is 0 Å². The van der Waals surface area contributed by atoms with E-state index in [1.165, 1.54) is 4.90 Å². The molecular formula is C14H17N5O2S. The first-order valence-electron chi connectivity index (χ1n) is 6.77. The third-order valence-electron chi connectivity index (χ3n) is 3.03. The number of thioether (sulfide) groups is 1. The maximum Gasteiger partial charge on any atom is 0.329 e. The second-order valence-electron chi connectivity index (χ2n) is 4.59. The maximum absolute atomic E-state index is 10.7. The number of hydrogen-bond donors (Lipinski definition) is 2. The molecule has 0 aliphatic carbocycles. The van der Waals surface area contributed by atoms with E-state index in [9.17, 15) is 10.1 Å². The van der Waals surface area contributed by atoms with Crippen molar-refractivity contribution < 1.29 is 4.92 Å². The summed E-state index contributed by atoms with van der Waals surface area (Å²) < 4.78 is 0. The largest absolute Gasteiger partial charge is 0.378 e. The lowest BCUT2D eigenvalue weighted by molar-refractivity contribution is -0.384. The zero-order chi connectivity index (χ0) is 16.1. The fourth-order valence-electron chi connectivity index (χ4n) is 1.90. The molecule has 0 amide bonds. The Morgan fingerprint density at radius 1 is 1.41 bits per heavy atom. The SMILES string of the molecule is CCSc1ccc(C(C)Nc2ncc([N+](=O)[O-])c(N)n2)cc1. The van der Waals surface area contributed by atoms with Crippen LogP contribution < -0.4 is 11.1 Å². The molecule has 7 nitrogen and oxygen atoms in total. The van der Waals surface area contributed by atoms with E-state index in [1.807, 2.05) is 19.1 Å². The Morgan fingerprint density at radius 2 is 2.09 bits per heavy atom. The molecule has 116 valence electrons. The average molecular weight is 319 g/mol. The highest BCUT2D eigenvalue weighted by Gasteiger charge is 2.15. The van der Waals surface area contributed by atoms with E-state index in [1.54, 1.807) is 11.8 Å². The standard InChI is InChI=1S/C14H17N5O2S/c1-3-22-11-6-4-10(5-7-11)9(2)17-14-16-8-12(19(20)21)13(15)18-14/h4-9H,3H2,1-2H3,(H3,15,16,17,18). The lowest BCUT2D eigenvalue weighted by atomic mass is 10.1. The number of benzene rings is 1. The van der Waals surface area contributed by atoms with Gasteiger partial charge >= 0.3 is 5.69 Å². The van der Waals surface area contributed by atoms with E-state index in [-0.39, 0.29) is 23.5 Å². The van der Waals surface area contributed by atoms with Crippen LogP contribution in [-0.4, -0.2) is 20.6 Å². The molecule has 0 fully saturated rings. The monoisotopic (exact) mass is 319 g/mol. The number of nitro groups is 1. The van der Waals surface area contributed by atoms with Gasteiger partial charge in [0.1, 0.15) is 6.20 Å². The minimum absolute atomic E-state index is 0.0402.